The standard InChI is InChI=1S/C21H30N6O2/c28-20(24-12-17-14-27-6-5-22-13-19(27)25-17)21-3-1-18(26-7-9-29-10-8-26)11-16(21)2-4-23-15-21/h5-6,13-14,16,18,23H,1-4,7-12,15H2,(H,24,28)/t16-,18-,21-/m1/s1. The van der Waals surface area contributed by atoms with Crippen LogP contribution in [0.3, 0.4) is 0 Å². The Morgan fingerprint density at radius 1 is 1.34 bits per heavy atom. The van der Waals surface area contributed by atoms with Crippen molar-refractivity contribution in [1.82, 2.24) is 29.9 Å². The Bertz CT molecular complexity index is 831. The third-order valence-electron chi connectivity index (χ3n) is 7.13. The van der Waals surface area contributed by atoms with Gasteiger partial charge in [-0.25, -0.2) is 4.98 Å². The molecule has 0 bridgehead atoms. The van der Waals surface area contributed by atoms with Crippen molar-refractivity contribution in [2.75, 3.05) is 39.4 Å². The van der Waals surface area contributed by atoms with E-state index in [1.54, 1.807) is 12.4 Å². The molecule has 2 N–H and O–H groups in total. The number of nitrogens with zero attached hydrogens (tertiary/aromatic N) is 4. The van der Waals surface area contributed by atoms with Crippen LogP contribution in [0.15, 0.2) is 24.8 Å². The Balaban J connectivity index is 1.26. The number of ether oxygens (including phenoxy) is 1. The summed E-state index contributed by atoms with van der Waals surface area (Å²) in [5, 5.41) is 6.70. The molecule has 0 spiro atoms. The number of rotatable bonds is 4. The van der Waals surface area contributed by atoms with Crippen molar-refractivity contribution in [3.8, 4) is 0 Å². The van der Waals surface area contributed by atoms with E-state index in [0.29, 0.717) is 18.5 Å². The van der Waals surface area contributed by atoms with Crippen molar-refractivity contribution in [3.05, 3.63) is 30.5 Å². The quantitative estimate of drug-likeness (QED) is 0.794. The normalized spacial score (nSPS) is 30.8. The van der Waals surface area contributed by atoms with Crippen LogP contribution in [-0.4, -0.2) is 70.6 Å². The molecule has 1 amide bonds. The molecular weight excluding hydrogens is 368 g/mol. The lowest BCUT2D eigenvalue weighted by molar-refractivity contribution is -0.140. The maximum Gasteiger partial charge on any atom is 0.228 e. The van der Waals surface area contributed by atoms with Gasteiger partial charge >= 0.3 is 0 Å². The zero-order chi connectivity index (χ0) is 19.7. The molecule has 2 aromatic rings. The highest BCUT2D eigenvalue weighted by Gasteiger charge is 2.50. The van der Waals surface area contributed by atoms with E-state index in [0.717, 1.165) is 76.4 Å². The number of hydrogen-bond donors (Lipinski definition) is 2. The molecular formula is C21H30N6O2. The fourth-order valence-corrected chi connectivity index (χ4v) is 5.50. The number of morpholine rings is 1. The van der Waals surface area contributed by atoms with Crippen LogP contribution in [0, 0.1) is 11.3 Å². The summed E-state index contributed by atoms with van der Waals surface area (Å²) >= 11 is 0. The third-order valence-corrected chi connectivity index (χ3v) is 7.13. The van der Waals surface area contributed by atoms with Gasteiger partial charge in [-0.1, -0.05) is 0 Å². The Kier molecular flexibility index (Phi) is 5.24. The van der Waals surface area contributed by atoms with Crippen molar-refractivity contribution in [3.63, 3.8) is 0 Å². The molecule has 8 heteroatoms. The highest BCUT2D eigenvalue weighted by atomic mass is 16.5. The summed E-state index contributed by atoms with van der Waals surface area (Å²) in [6.07, 6.45) is 11.5. The zero-order valence-corrected chi connectivity index (χ0v) is 16.8. The predicted octanol–water partition coefficient (Wildman–Crippen LogP) is 0.826. The maximum atomic E-state index is 13.4. The van der Waals surface area contributed by atoms with Gasteiger partial charge in [0.25, 0.3) is 0 Å². The first-order chi connectivity index (χ1) is 14.2. The second-order valence-corrected chi connectivity index (χ2v) is 8.65. The Morgan fingerprint density at radius 2 is 2.24 bits per heavy atom. The van der Waals surface area contributed by atoms with E-state index in [4.69, 9.17) is 4.74 Å². The van der Waals surface area contributed by atoms with Crippen LogP contribution in [0.4, 0.5) is 0 Å². The van der Waals surface area contributed by atoms with Gasteiger partial charge in [-0.2, -0.15) is 0 Å². The maximum absolute atomic E-state index is 13.4. The molecule has 1 aliphatic carbocycles. The molecule has 2 aliphatic heterocycles. The fourth-order valence-electron chi connectivity index (χ4n) is 5.50. The number of amides is 1. The highest BCUT2D eigenvalue weighted by Crippen LogP contribution is 2.46. The van der Waals surface area contributed by atoms with Crippen molar-refractivity contribution in [2.45, 2.75) is 38.3 Å². The average molecular weight is 399 g/mol. The minimum Gasteiger partial charge on any atom is -0.379 e. The van der Waals surface area contributed by atoms with Gasteiger partial charge in [0.15, 0.2) is 5.65 Å². The number of hydrogen-bond acceptors (Lipinski definition) is 6. The van der Waals surface area contributed by atoms with E-state index in [-0.39, 0.29) is 11.3 Å². The molecule has 2 aromatic heterocycles. The van der Waals surface area contributed by atoms with E-state index in [2.05, 4.69) is 25.5 Å². The number of fused-ring (bicyclic) bond motifs is 2. The van der Waals surface area contributed by atoms with E-state index < -0.39 is 0 Å². The summed E-state index contributed by atoms with van der Waals surface area (Å²) in [4.78, 5) is 24.6. The molecule has 2 saturated heterocycles. The number of carbonyl (C=O) groups is 1. The predicted molar refractivity (Wildman–Crippen MR) is 108 cm³/mol. The van der Waals surface area contributed by atoms with Gasteiger partial charge in [0, 0.05) is 44.3 Å². The summed E-state index contributed by atoms with van der Waals surface area (Å²) in [6, 6.07) is 0.592. The van der Waals surface area contributed by atoms with E-state index >= 15 is 0 Å². The average Bonchev–Trinajstić information content (AvgIpc) is 3.20. The Hall–Kier alpha value is -2.03. The van der Waals surface area contributed by atoms with Gasteiger partial charge in [-0.3, -0.25) is 14.7 Å². The topological polar surface area (TPSA) is 83.8 Å². The molecule has 3 fully saturated rings. The molecule has 3 aliphatic rings. The SMILES string of the molecule is O=C(NCc1cn2ccncc2n1)[C@@]12CC[C@@H](N3CCOCC3)C[C@H]1CCNC2. The minimum absolute atomic E-state index is 0.185. The Labute approximate surface area is 171 Å². The van der Waals surface area contributed by atoms with Crippen molar-refractivity contribution >= 4 is 11.6 Å². The lowest BCUT2D eigenvalue weighted by Gasteiger charge is -2.50. The first kappa shape index (κ1) is 19.0. The zero-order valence-electron chi connectivity index (χ0n) is 16.8. The van der Waals surface area contributed by atoms with Crippen LogP contribution in [0.1, 0.15) is 31.4 Å². The Morgan fingerprint density at radius 3 is 3.10 bits per heavy atom. The second-order valence-electron chi connectivity index (χ2n) is 8.65. The summed E-state index contributed by atoms with van der Waals surface area (Å²) in [5.74, 6) is 0.626. The fraction of sp³-hybridized carbons (Fsp3) is 0.667. The highest BCUT2D eigenvalue weighted by molar-refractivity contribution is 5.83. The first-order valence-corrected chi connectivity index (χ1v) is 10.8. The van der Waals surface area contributed by atoms with Gasteiger partial charge < -0.3 is 19.8 Å². The smallest absolute Gasteiger partial charge is 0.228 e. The molecule has 8 nitrogen and oxygen atoms in total. The number of aromatic nitrogens is 3. The van der Waals surface area contributed by atoms with Gasteiger partial charge in [-0.15, -0.1) is 0 Å². The van der Waals surface area contributed by atoms with Crippen molar-refractivity contribution in [1.29, 1.82) is 0 Å². The molecule has 3 atom stereocenters. The van der Waals surface area contributed by atoms with Gasteiger partial charge in [0.2, 0.25) is 5.91 Å². The molecule has 29 heavy (non-hydrogen) atoms. The summed E-state index contributed by atoms with van der Waals surface area (Å²) in [7, 11) is 0. The second kappa shape index (κ2) is 8.01. The number of carbonyl (C=O) groups excluding carboxylic acids is 1. The largest absolute Gasteiger partial charge is 0.379 e. The van der Waals surface area contributed by atoms with E-state index in [1.807, 2.05) is 16.8 Å². The van der Waals surface area contributed by atoms with Crippen LogP contribution in [0.25, 0.3) is 5.65 Å². The molecule has 156 valence electrons. The van der Waals surface area contributed by atoms with Crippen LogP contribution < -0.4 is 10.6 Å². The molecule has 1 saturated carbocycles. The number of nitrogens with one attached hydrogen (secondary N) is 2. The van der Waals surface area contributed by atoms with Gasteiger partial charge in [0.1, 0.15) is 0 Å². The molecule has 5 rings (SSSR count). The van der Waals surface area contributed by atoms with Crippen LogP contribution in [0.5, 0.6) is 0 Å². The van der Waals surface area contributed by atoms with E-state index in [1.165, 1.54) is 0 Å². The molecule has 0 unspecified atom stereocenters. The monoisotopic (exact) mass is 398 g/mol. The van der Waals surface area contributed by atoms with Crippen LogP contribution in [-0.2, 0) is 16.1 Å². The van der Waals surface area contributed by atoms with Gasteiger partial charge in [-0.05, 0) is 38.1 Å². The minimum atomic E-state index is -0.290. The van der Waals surface area contributed by atoms with Crippen molar-refractivity contribution < 1.29 is 9.53 Å². The number of piperidine rings is 1. The lowest BCUT2D eigenvalue weighted by atomic mass is 9.61. The van der Waals surface area contributed by atoms with Gasteiger partial charge in [0.05, 0.1) is 37.1 Å². The van der Waals surface area contributed by atoms with Crippen LogP contribution >= 0.6 is 0 Å². The lowest BCUT2D eigenvalue weighted by Crippen LogP contribution is -2.60. The molecule has 4 heterocycles. The molecule has 0 aromatic carbocycles. The summed E-state index contributed by atoms with van der Waals surface area (Å²) < 4.78 is 7.46. The summed E-state index contributed by atoms with van der Waals surface area (Å²) in [6.45, 7) is 5.98. The van der Waals surface area contributed by atoms with Crippen molar-refractivity contribution in [2.24, 2.45) is 11.3 Å². The third kappa shape index (κ3) is 3.65. The molecule has 0 radical (unpaired) electrons. The first-order valence-electron chi connectivity index (χ1n) is 10.8. The van der Waals surface area contributed by atoms with Crippen LogP contribution in [0.2, 0.25) is 0 Å². The van der Waals surface area contributed by atoms with E-state index in [9.17, 15) is 4.79 Å². The summed E-state index contributed by atoms with van der Waals surface area (Å²) in [5.41, 5.74) is 1.38. The number of imidazole rings is 1.